The predicted molar refractivity (Wildman–Crippen MR) is 138 cm³/mol. The molecule has 182 valence electrons. The van der Waals surface area contributed by atoms with Crippen LogP contribution in [-0.2, 0) is 32.7 Å². The van der Waals surface area contributed by atoms with Gasteiger partial charge in [0.25, 0.3) is 10.1 Å². The summed E-state index contributed by atoms with van der Waals surface area (Å²) in [5.41, 5.74) is 6.00. The molecule has 3 rings (SSSR count). The molecule has 0 aliphatic heterocycles. The van der Waals surface area contributed by atoms with E-state index in [1.807, 2.05) is 51.3 Å². The minimum absolute atomic E-state index is 0.151. The minimum Gasteiger partial charge on any atom is -0.378 e. The third-order valence-corrected chi connectivity index (χ3v) is 7.08. The fraction of sp³-hybridized carbons (Fsp3) is 0.320. The first kappa shape index (κ1) is 26.0. The normalized spacial score (nSPS) is 15.6. The molecule has 0 amide bonds. The molecule has 0 saturated carbocycles. The van der Waals surface area contributed by atoms with Crippen LogP contribution in [0, 0.1) is 0 Å². The van der Waals surface area contributed by atoms with Gasteiger partial charge in [-0.2, -0.15) is 8.42 Å². The van der Waals surface area contributed by atoms with Crippen molar-refractivity contribution in [2.75, 3.05) is 33.1 Å². The first-order chi connectivity index (χ1) is 15.9. The van der Waals surface area contributed by atoms with Crippen molar-refractivity contribution in [3.63, 3.8) is 0 Å². The van der Waals surface area contributed by atoms with Gasteiger partial charge in [0.2, 0.25) is 0 Å². The predicted octanol–water partition coefficient (Wildman–Crippen LogP) is 3.59. The van der Waals surface area contributed by atoms with E-state index in [1.54, 1.807) is 12.1 Å². The Hall–Kier alpha value is -2.59. The number of allylic oxidation sites excluding steroid dienone is 4. The SMILES string of the molecule is CN(C)c1ccc(C(C2=CCC(=[N+](C)C)C=C2)c2ccc(CS(=O)(=O)O)c(CS(=O)O)c2)cc1. The minimum atomic E-state index is -4.28. The molecule has 2 atom stereocenters. The van der Waals surface area contributed by atoms with E-state index in [1.165, 1.54) is 5.71 Å². The van der Waals surface area contributed by atoms with Crippen molar-refractivity contribution in [1.82, 2.24) is 0 Å². The van der Waals surface area contributed by atoms with Crippen molar-refractivity contribution >= 4 is 32.6 Å². The second kappa shape index (κ2) is 10.8. The molecule has 1 aliphatic carbocycles. The van der Waals surface area contributed by atoms with E-state index in [0.717, 1.165) is 28.8 Å². The van der Waals surface area contributed by atoms with E-state index < -0.39 is 27.0 Å². The lowest BCUT2D eigenvalue weighted by atomic mass is 9.81. The molecular formula is C25H31N2O5S2+. The van der Waals surface area contributed by atoms with Crippen LogP contribution in [0.3, 0.4) is 0 Å². The molecule has 1 aliphatic rings. The number of hydrogen-bond acceptors (Lipinski definition) is 4. The zero-order chi connectivity index (χ0) is 25.0. The second-order valence-electron chi connectivity index (χ2n) is 8.77. The summed E-state index contributed by atoms with van der Waals surface area (Å²) in [6.07, 6.45) is 7.13. The van der Waals surface area contributed by atoms with E-state index in [2.05, 4.69) is 34.9 Å². The third-order valence-electron chi connectivity index (χ3n) is 5.85. The van der Waals surface area contributed by atoms with Crippen molar-refractivity contribution in [3.05, 3.63) is 88.5 Å². The van der Waals surface area contributed by atoms with Crippen molar-refractivity contribution in [1.29, 1.82) is 0 Å². The zero-order valence-corrected chi connectivity index (χ0v) is 21.4. The Labute approximate surface area is 204 Å². The van der Waals surface area contributed by atoms with Crippen LogP contribution in [0.2, 0.25) is 0 Å². The molecule has 2 N–H and O–H groups in total. The quantitative estimate of drug-likeness (QED) is 0.325. The van der Waals surface area contributed by atoms with Gasteiger partial charge >= 0.3 is 0 Å². The van der Waals surface area contributed by atoms with Crippen molar-refractivity contribution in [3.8, 4) is 0 Å². The third kappa shape index (κ3) is 6.73. The van der Waals surface area contributed by atoms with Gasteiger partial charge in [-0.15, -0.1) is 0 Å². The standard InChI is InChI=1S/C25H30N2O5S2/c1-26(2)23-11-7-18(8-12-23)25(19-9-13-24(14-10-19)27(3)4)20-5-6-21(17-34(30,31)32)22(15-20)16-33(28)29/h5-13,15,25H,14,16-17H2,1-4H3,(H-,28,29,30,31,32)/p+1. The number of nitrogens with zero attached hydrogens (tertiary/aromatic N) is 2. The topological polar surface area (TPSA) is 97.9 Å². The first-order valence-electron chi connectivity index (χ1n) is 10.8. The van der Waals surface area contributed by atoms with Crippen LogP contribution in [0.15, 0.2) is 66.3 Å². The summed E-state index contributed by atoms with van der Waals surface area (Å²) < 4.78 is 55.5. The second-order valence-corrected chi connectivity index (χ2v) is 11.2. The summed E-state index contributed by atoms with van der Waals surface area (Å²) in [6, 6.07) is 13.4. The van der Waals surface area contributed by atoms with Crippen LogP contribution < -0.4 is 4.90 Å². The Morgan fingerprint density at radius 2 is 1.68 bits per heavy atom. The molecule has 0 aromatic heterocycles. The highest BCUT2D eigenvalue weighted by atomic mass is 32.2. The summed E-state index contributed by atoms with van der Waals surface area (Å²) in [4.78, 5) is 2.02. The van der Waals surface area contributed by atoms with Gasteiger partial charge in [0.1, 0.15) is 19.8 Å². The van der Waals surface area contributed by atoms with Crippen LogP contribution in [0.1, 0.15) is 34.6 Å². The Balaban J connectivity index is 2.13. The van der Waals surface area contributed by atoms with Crippen molar-refractivity contribution in [2.45, 2.75) is 23.8 Å². The summed E-state index contributed by atoms with van der Waals surface area (Å²) in [6.45, 7) is 0. The lowest BCUT2D eigenvalue weighted by molar-refractivity contribution is -0.464. The van der Waals surface area contributed by atoms with Crippen LogP contribution >= 0.6 is 0 Å². The smallest absolute Gasteiger partial charge is 0.269 e. The highest BCUT2D eigenvalue weighted by Gasteiger charge is 2.23. The largest absolute Gasteiger partial charge is 0.378 e. The molecule has 2 aromatic carbocycles. The van der Waals surface area contributed by atoms with Gasteiger partial charge in [0.15, 0.2) is 16.8 Å². The van der Waals surface area contributed by atoms with Crippen LogP contribution in [0.5, 0.6) is 0 Å². The molecule has 2 unspecified atom stereocenters. The van der Waals surface area contributed by atoms with E-state index in [9.17, 15) is 21.7 Å². The number of anilines is 1. The van der Waals surface area contributed by atoms with Gasteiger partial charge < -0.3 is 9.45 Å². The van der Waals surface area contributed by atoms with Gasteiger partial charge in [0, 0.05) is 31.8 Å². The molecule has 0 bridgehead atoms. The summed E-state index contributed by atoms with van der Waals surface area (Å²) in [5, 5.41) is 0. The average Bonchev–Trinajstić information content (AvgIpc) is 2.75. The molecule has 0 radical (unpaired) electrons. The van der Waals surface area contributed by atoms with Crippen molar-refractivity contribution in [2.24, 2.45) is 0 Å². The molecule has 0 spiro atoms. The molecule has 0 saturated heterocycles. The Morgan fingerprint density at radius 1 is 1.03 bits per heavy atom. The van der Waals surface area contributed by atoms with Gasteiger partial charge in [0.05, 0.1) is 12.2 Å². The van der Waals surface area contributed by atoms with Crippen molar-refractivity contribution < 1.29 is 26.3 Å². The molecule has 9 heteroatoms. The highest BCUT2D eigenvalue weighted by molar-refractivity contribution is 7.85. The summed E-state index contributed by atoms with van der Waals surface area (Å²) in [7, 11) is 3.68. The fourth-order valence-electron chi connectivity index (χ4n) is 4.07. The van der Waals surface area contributed by atoms with E-state index in [-0.39, 0.29) is 11.7 Å². The lowest BCUT2D eigenvalue weighted by Gasteiger charge is -2.24. The molecule has 0 fully saturated rings. The van der Waals surface area contributed by atoms with E-state index >= 15 is 0 Å². The first-order valence-corrected chi connectivity index (χ1v) is 13.7. The fourth-order valence-corrected chi connectivity index (χ4v) is 5.28. The molecule has 0 heterocycles. The molecule has 7 nitrogen and oxygen atoms in total. The maximum atomic E-state index is 11.6. The molecule has 34 heavy (non-hydrogen) atoms. The Kier molecular flexibility index (Phi) is 8.25. The maximum absolute atomic E-state index is 11.6. The van der Waals surface area contributed by atoms with Gasteiger partial charge in [-0.3, -0.25) is 4.55 Å². The molecular weight excluding hydrogens is 472 g/mol. The Bertz CT molecular complexity index is 1270. The zero-order valence-electron chi connectivity index (χ0n) is 19.8. The summed E-state index contributed by atoms with van der Waals surface area (Å²) >= 11 is -2.16. The number of benzene rings is 2. The summed E-state index contributed by atoms with van der Waals surface area (Å²) in [5.74, 6) is -0.980. The number of rotatable bonds is 8. The maximum Gasteiger partial charge on any atom is 0.269 e. The monoisotopic (exact) mass is 503 g/mol. The van der Waals surface area contributed by atoms with Crippen LogP contribution in [0.4, 0.5) is 5.69 Å². The number of hydrogen-bond donors (Lipinski definition) is 2. The van der Waals surface area contributed by atoms with E-state index in [4.69, 9.17) is 0 Å². The van der Waals surface area contributed by atoms with E-state index in [0.29, 0.717) is 11.1 Å². The van der Waals surface area contributed by atoms with Gasteiger partial charge in [-0.1, -0.05) is 42.5 Å². The highest BCUT2D eigenvalue weighted by Crippen LogP contribution is 2.36. The lowest BCUT2D eigenvalue weighted by Crippen LogP contribution is -2.15. The van der Waals surface area contributed by atoms with Gasteiger partial charge in [-0.05, 0) is 40.0 Å². The van der Waals surface area contributed by atoms with Gasteiger partial charge in [-0.25, -0.2) is 8.78 Å². The van der Waals surface area contributed by atoms with Crippen LogP contribution in [0.25, 0.3) is 0 Å². The molecule has 2 aromatic rings. The van der Waals surface area contributed by atoms with Crippen LogP contribution in [-0.4, -0.2) is 60.2 Å². The Morgan fingerprint density at radius 3 is 2.18 bits per heavy atom. The average molecular weight is 504 g/mol.